The van der Waals surface area contributed by atoms with Crippen molar-refractivity contribution in [3.63, 3.8) is 0 Å². The quantitative estimate of drug-likeness (QED) is 0.639. The summed E-state index contributed by atoms with van der Waals surface area (Å²) in [4.78, 5) is 2.56. The van der Waals surface area contributed by atoms with Crippen LogP contribution in [-0.4, -0.2) is 29.4 Å². The van der Waals surface area contributed by atoms with Crippen LogP contribution >= 0.6 is 15.9 Å². The normalized spacial score (nSPS) is 17.8. The van der Waals surface area contributed by atoms with Crippen molar-refractivity contribution in [3.05, 3.63) is 0 Å². The van der Waals surface area contributed by atoms with Gasteiger partial charge in [-0.15, -0.1) is 0 Å². The van der Waals surface area contributed by atoms with Crippen LogP contribution in [0.3, 0.4) is 0 Å². The van der Waals surface area contributed by atoms with Gasteiger partial charge in [-0.05, 0) is 32.7 Å². The van der Waals surface area contributed by atoms with Gasteiger partial charge < -0.3 is 4.90 Å². The van der Waals surface area contributed by atoms with Crippen LogP contribution in [0, 0.1) is 5.92 Å². The Morgan fingerprint density at radius 2 is 2.00 bits per heavy atom. The molecule has 0 atom stereocenters. The van der Waals surface area contributed by atoms with Gasteiger partial charge in [-0.2, -0.15) is 0 Å². The summed E-state index contributed by atoms with van der Waals surface area (Å²) in [5.41, 5.74) is 0. The van der Waals surface area contributed by atoms with Gasteiger partial charge in [0.25, 0.3) is 0 Å². The summed E-state index contributed by atoms with van der Waals surface area (Å²) < 4.78 is 0. The zero-order valence-electron chi connectivity index (χ0n) is 8.22. The van der Waals surface area contributed by atoms with Gasteiger partial charge >= 0.3 is 0 Å². The summed E-state index contributed by atoms with van der Waals surface area (Å²) >= 11 is 3.50. The molecule has 0 aromatic heterocycles. The lowest BCUT2D eigenvalue weighted by Gasteiger charge is -2.25. The van der Waals surface area contributed by atoms with E-state index in [0.717, 1.165) is 11.2 Å². The highest BCUT2D eigenvalue weighted by Gasteiger charge is 2.22. The molecule has 0 amide bonds. The van der Waals surface area contributed by atoms with Crippen LogP contribution in [0.25, 0.3) is 0 Å². The van der Waals surface area contributed by atoms with Gasteiger partial charge in [-0.3, -0.25) is 0 Å². The first kappa shape index (κ1) is 10.5. The molecule has 0 aromatic rings. The predicted octanol–water partition coefficient (Wildman–Crippen LogP) is 2.89. The molecule has 1 saturated carbocycles. The molecule has 1 aliphatic rings. The van der Waals surface area contributed by atoms with Crippen molar-refractivity contribution in [2.24, 2.45) is 5.92 Å². The molecule has 0 spiro atoms. The van der Waals surface area contributed by atoms with Crippen molar-refractivity contribution in [1.82, 2.24) is 4.90 Å². The van der Waals surface area contributed by atoms with E-state index in [9.17, 15) is 0 Å². The second-order valence-corrected chi connectivity index (χ2v) is 4.84. The fraction of sp³-hybridized carbons (Fsp3) is 1.00. The predicted molar refractivity (Wildman–Crippen MR) is 57.8 cm³/mol. The van der Waals surface area contributed by atoms with Gasteiger partial charge in [0.1, 0.15) is 0 Å². The first-order valence-electron chi connectivity index (χ1n) is 5.04. The van der Waals surface area contributed by atoms with E-state index >= 15 is 0 Å². The van der Waals surface area contributed by atoms with Crippen LogP contribution in [-0.2, 0) is 0 Å². The Hall–Kier alpha value is 0.440. The van der Waals surface area contributed by atoms with Gasteiger partial charge in [0, 0.05) is 17.9 Å². The van der Waals surface area contributed by atoms with E-state index in [4.69, 9.17) is 0 Å². The summed E-state index contributed by atoms with van der Waals surface area (Å²) in [6, 6.07) is 0.710. The van der Waals surface area contributed by atoms with Crippen LogP contribution in [0.15, 0.2) is 0 Å². The molecule has 0 bridgehead atoms. The number of hydrogen-bond acceptors (Lipinski definition) is 1. The van der Waals surface area contributed by atoms with E-state index in [2.05, 4.69) is 34.7 Å². The zero-order chi connectivity index (χ0) is 8.97. The molecule has 2 heteroatoms. The first-order chi connectivity index (χ1) is 5.74. The van der Waals surface area contributed by atoms with E-state index in [1.165, 1.54) is 32.4 Å². The Morgan fingerprint density at radius 3 is 2.42 bits per heavy atom. The molecule has 0 aromatic carbocycles. The highest BCUT2D eigenvalue weighted by atomic mass is 79.9. The second-order valence-electron chi connectivity index (χ2n) is 4.05. The van der Waals surface area contributed by atoms with Gasteiger partial charge in [-0.1, -0.05) is 28.8 Å². The number of nitrogens with zero attached hydrogens (tertiary/aromatic N) is 1. The van der Waals surface area contributed by atoms with Crippen LogP contribution in [0.5, 0.6) is 0 Å². The fourth-order valence-electron chi connectivity index (χ4n) is 1.49. The van der Waals surface area contributed by atoms with Gasteiger partial charge in [0.2, 0.25) is 0 Å². The minimum Gasteiger partial charge on any atom is -0.300 e. The highest BCUT2D eigenvalue weighted by Crippen LogP contribution is 2.32. The molecule has 0 unspecified atom stereocenters. The molecule has 1 nitrogen and oxygen atoms in total. The van der Waals surface area contributed by atoms with Crippen molar-refractivity contribution >= 4 is 15.9 Å². The Balaban J connectivity index is 2.11. The maximum absolute atomic E-state index is 3.50. The minimum absolute atomic E-state index is 0.710. The third-order valence-corrected chi connectivity index (χ3v) is 2.98. The molecule has 1 fully saturated rings. The zero-order valence-corrected chi connectivity index (χ0v) is 9.81. The molecule has 0 N–H and O–H groups in total. The van der Waals surface area contributed by atoms with Crippen molar-refractivity contribution in [3.8, 4) is 0 Å². The number of alkyl halides is 1. The number of hydrogen-bond donors (Lipinski definition) is 0. The molecule has 0 heterocycles. The molecule has 0 radical (unpaired) electrons. The van der Waals surface area contributed by atoms with Crippen molar-refractivity contribution in [2.75, 3.05) is 18.4 Å². The lowest BCUT2D eigenvalue weighted by molar-refractivity contribution is 0.229. The SMILES string of the molecule is CC(C)N(CCBr)CCC1CC1. The number of rotatable bonds is 6. The summed E-state index contributed by atoms with van der Waals surface area (Å²) in [6.07, 6.45) is 4.39. The van der Waals surface area contributed by atoms with E-state index in [0.29, 0.717) is 6.04 Å². The highest BCUT2D eigenvalue weighted by molar-refractivity contribution is 9.09. The summed E-state index contributed by atoms with van der Waals surface area (Å²) in [6.45, 7) is 7.07. The van der Waals surface area contributed by atoms with Crippen molar-refractivity contribution in [1.29, 1.82) is 0 Å². The minimum atomic E-state index is 0.710. The van der Waals surface area contributed by atoms with E-state index < -0.39 is 0 Å². The molecule has 1 aliphatic carbocycles. The van der Waals surface area contributed by atoms with E-state index in [1.807, 2.05) is 0 Å². The Kier molecular flexibility index (Phi) is 4.59. The van der Waals surface area contributed by atoms with Gasteiger partial charge in [0.05, 0.1) is 0 Å². The van der Waals surface area contributed by atoms with E-state index in [1.54, 1.807) is 0 Å². The summed E-state index contributed by atoms with van der Waals surface area (Å²) in [5.74, 6) is 1.07. The largest absolute Gasteiger partial charge is 0.300 e. The Morgan fingerprint density at radius 1 is 1.33 bits per heavy atom. The van der Waals surface area contributed by atoms with Crippen LogP contribution in [0.2, 0.25) is 0 Å². The summed E-state index contributed by atoms with van der Waals surface area (Å²) in [7, 11) is 0. The summed E-state index contributed by atoms with van der Waals surface area (Å²) in [5, 5.41) is 1.11. The molecule has 72 valence electrons. The van der Waals surface area contributed by atoms with Crippen LogP contribution in [0.1, 0.15) is 33.1 Å². The molecular weight excluding hydrogens is 214 g/mol. The van der Waals surface area contributed by atoms with Gasteiger partial charge in [0.15, 0.2) is 0 Å². The standard InChI is InChI=1S/C10H20BrN/c1-9(2)12(8-6-11)7-5-10-3-4-10/h9-10H,3-8H2,1-2H3. The topological polar surface area (TPSA) is 3.24 Å². The van der Waals surface area contributed by atoms with Gasteiger partial charge in [-0.25, -0.2) is 0 Å². The monoisotopic (exact) mass is 233 g/mol. The lowest BCUT2D eigenvalue weighted by atomic mass is 10.2. The Labute approximate surface area is 84.6 Å². The molecule has 12 heavy (non-hydrogen) atoms. The second kappa shape index (κ2) is 5.23. The van der Waals surface area contributed by atoms with Crippen molar-refractivity contribution in [2.45, 2.75) is 39.2 Å². The molecule has 0 saturated heterocycles. The fourth-order valence-corrected chi connectivity index (χ4v) is 1.95. The average molecular weight is 234 g/mol. The molecule has 1 rings (SSSR count). The third kappa shape index (κ3) is 3.90. The maximum atomic E-state index is 3.50. The number of halogens is 1. The molecular formula is C10H20BrN. The Bertz CT molecular complexity index is 121. The lowest BCUT2D eigenvalue weighted by Crippen LogP contribution is -2.33. The molecule has 0 aliphatic heterocycles. The average Bonchev–Trinajstić information content (AvgIpc) is 2.80. The van der Waals surface area contributed by atoms with E-state index in [-0.39, 0.29) is 0 Å². The van der Waals surface area contributed by atoms with Crippen LogP contribution < -0.4 is 0 Å². The maximum Gasteiger partial charge on any atom is 0.0159 e. The van der Waals surface area contributed by atoms with Crippen LogP contribution in [0.4, 0.5) is 0 Å². The first-order valence-corrected chi connectivity index (χ1v) is 6.16. The third-order valence-electron chi connectivity index (χ3n) is 2.62. The van der Waals surface area contributed by atoms with Crippen molar-refractivity contribution < 1.29 is 0 Å². The smallest absolute Gasteiger partial charge is 0.0159 e.